The van der Waals surface area contributed by atoms with Crippen LogP contribution in [0.2, 0.25) is 0 Å². The molecule has 3 aromatic carbocycles. The second-order valence-corrected chi connectivity index (χ2v) is 7.85. The minimum Gasteiger partial charge on any atom is -0.497 e. The van der Waals surface area contributed by atoms with Gasteiger partial charge in [-0.3, -0.25) is 0 Å². The summed E-state index contributed by atoms with van der Waals surface area (Å²) >= 11 is 0. The molecule has 1 atom stereocenters. The highest BCUT2D eigenvalue weighted by Gasteiger charge is 2.28. The van der Waals surface area contributed by atoms with Gasteiger partial charge in [0.05, 0.1) is 20.3 Å². The third-order valence-corrected chi connectivity index (χ3v) is 6.23. The number of fused-ring (bicyclic) bond motifs is 2. The van der Waals surface area contributed by atoms with Gasteiger partial charge in [-0.1, -0.05) is 48.5 Å². The molecule has 1 aliphatic carbocycles. The van der Waals surface area contributed by atoms with Gasteiger partial charge in [-0.25, -0.2) is 0 Å². The fourth-order valence-electron chi connectivity index (χ4n) is 4.63. The Morgan fingerprint density at radius 3 is 2.45 bits per heavy atom. The van der Waals surface area contributed by atoms with Gasteiger partial charge in [0.2, 0.25) is 0 Å². The van der Waals surface area contributed by atoms with Crippen LogP contribution in [0.15, 0.2) is 66.7 Å². The van der Waals surface area contributed by atoms with E-state index in [4.69, 9.17) is 14.6 Å². The molecule has 0 spiro atoms. The summed E-state index contributed by atoms with van der Waals surface area (Å²) in [5, 5.41) is 11.5. The van der Waals surface area contributed by atoms with Gasteiger partial charge >= 0.3 is 0 Å². The van der Waals surface area contributed by atoms with Gasteiger partial charge in [0, 0.05) is 29.4 Å². The van der Waals surface area contributed by atoms with Crippen LogP contribution < -0.4 is 14.4 Å². The first-order chi connectivity index (χ1) is 15.2. The predicted molar refractivity (Wildman–Crippen MR) is 124 cm³/mol. The zero-order valence-electron chi connectivity index (χ0n) is 18.0. The summed E-state index contributed by atoms with van der Waals surface area (Å²) < 4.78 is 11.0. The van der Waals surface area contributed by atoms with E-state index in [1.165, 1.54) is 11.1 Å². The van der Waals surface area contributed by atoms with Crippen LogP contribution in [0.25, 0.3) is 22.0 Å². The van der Waals surface area contributed by atoms with E-state index in [1.807, 2.05) is 24.3 Å². The number of nitrogens with zero attached hydrogens (tertiary/aromatic N) is 3. The summed E-state index contributed by atoms with van der Waals surface area (Å²) in [5.41, 5.74) is 4.51. The molecular weight excluding hydrogens is 386 g/mol. The van der Waals surface area contributed by atoms with E-state index < -0.39 is 0 Å². The summed E-state index contributed by atoms with van der Waals surface area (Å²) in [5.74, 6) is 2.35. The zero-order chi connectivity index (χ0) is 21.4. The molecule has 4 aromatic rings. The van der Waals surface area contributed by atoms with E-state index >= 15 is 0 Å². The summed E-state index contributed by atoms with van der Waals surface area (Å²) in [4.78, 5) is 2.27. The number of aryl methyl sites for hydroxylation is 1. The van der Waals surface area contributed by atoms with Crippen molar-refractivity contribution in [3.63, 3.8) is 0 Å². The van der Waals surface area contributed by atoms with Crippen molar-refractivity contribution in [2.75, 3.05) is 26.2 Å². The van der Waals surface area contributed by atoms with Crippen molar-refractivity contribution in [3.8, 4) is 22.8 Å². The average molecular weight is 412 g/mol. The molecule has 5 heteroatoms. The Morgan fingerprint density at radius 2 is 1.65 bits per heavy atom. The number of anilines is 1. The maximum Gasteiger partial charge on any atom is 0.159 e. The lowest BCUT2D eigenvalue weighted by Gasteiger charge is -2.27. The van der Waals surface area contributed by atoms with Crippen LogP contribution in [0.5, 0.6) is 11.5 Å². The number of ether oxygens (including phenoxy) is 2. The SMILES string of the molecule is COc1ccc(-c2nnc(N(C)C3CCc4ccccc43)c3ccccc23)c(OC)c1. The highest BCUT2D eigenvalue weighted by Crippen LogP contribution is 2.41. The molecule has 0 N–H and O–H groups in total. The second-order valence-electron chi connectivity index (χ2n) is 7.85. The molecule has 0 fully saturated rings. The monoisotopic (exact) mass is 411 g/mol. The van der Waals surface area contributed by atoms with Crippen LogP contribution in [-0.2, 0) is 6.42 Å². The lowest BCUT2D eigenvalue weighted by Crippen LogP contribution is -2.24. The zero-order valence-corrected chi connectivity index (χ0v) is 18.0. The molecule has 5 nitrogen and oxygen atoms in total. The number of aromatic nitrogens is 2. The minimum atomic E-state index is 0.301. The van der Waals surface area contributed by atoms with Crippen molar-refractivity contribution in [3.05, 3.63) is 77.9 Å². The van der Waals surface area contributed by atoms with Crippen LogP contribution >= 0.6 is 0 Å². The lowest BCUT2D eigenvalue weighted by atomic mass is 10.0. The van der Waals surface area contributed by atoms with Gasteiger partial charge in [0.25, 0.3) is 0 Å². The number of methoxy groups -OCH3 is 2. The highest BCUT2D eigenvalue weighted by molar-refractivity contribution is 6.01. The summed E-state index contributed by atoms with van der Waals surface area (Å²) in [6.07, 6.45) is 2.18. The first-order valence-electron chi connectivity index (χ1n) is 10.5. The average Bonchev–Trinajstić information content (AvgIpc) is 3.27. The van der Waals surface area contributed by atoms with Gasteiger partial charge in [-0.05, 0) is 36.1 Å². The first-order valence-corrected chi connectivity index (χ1v) is 10.5. The van der Waals surface area contributed by atoms with E-state index in [1.54, 1.807) is 14.2 Å². The van der Waals surface area contributed by atoms with Crippen LogP contribution in [0.3, 0.4) is 0 Å². The van der Waals surface area contributed by atoms with E-state index in [0.29, 0.717) is 11.8 Å². The Bertz CT molecular complexity index is 1250. The van der Waals surface area contributed by atoms with E-state index in [0.717, 1.165) is 46.4 Å². The normalized spacial score (nSPS) is 15.0. The third kappa shape index (κ3) is 3.26. The smallest absolute Gasteiger partial charge is 0.159 e. The molecule has 1 aromatic heterocycles. The topological polar surface area (TPSA) is 47.5 Å². The molecular formula is C26H25N3O2. The fourth-order valence-corrected chi connectivity index (χ4v) is 4.63. The molecule has 156 valence electrons. The molecule has 0 radical (unpaired) electrons. The largest absolute Gasteiger partial charge is 0.497 e. The number of hydrogen-bond acceptors (Lipinski definition) is 5. The van der Waals surface area contributed by atoms with Crippen molar-refractivity contribution >= 4 is 16.6 Å². The predicted octanol–water partition coefficient (Wildman–Crippen LogP) is 5.44. The van der Waals surface area contributed by atoms with Crippen molar-refractivity contribution in [1.29, 1.82) is 0 Å². The summed E-state index contributed by atoms with van der Waals surface area (Å²) in [7, 11) is 5.43. The molecule has 0 aliphatic heterocycles. The first kappa shape index (κ1) is 19.4. The summed E-state index contributed by atoms with van der Waals surface area (Å²) in [6.45, 7) is 0. The van der Waals surface area contributed by atoms with Crippen LogP contribution in [0.4, 0.5) is 5.82 Å². The molecule has 0 bridgehead atoms. The number of benzene rings is 3. The Morgan fingerprint density at radius 1 is 0.871 bits per heavy atom. The quantitative estimate of drug-likeness (QED) is 0.438. The van der Waals surface area contributed by atoms with Crippen molar-refractivity contribution < 1.29 is 9.47 Å². The van der Waals surface area contributed by atoms with Gasteiger partial charge in [-0.2, -0.15) is 0 Å². The Hall–Kier alpha value is -3.60. The van der Waals surface area contributed by atoms with E-state index in [9.17, 15) is 0 Å². The van der Waals surface area contributed by atoms with Crippen LogP contribution in [0.1, 0.15) is 23.6 Å². The van der Waals surface area contributed by atoms with Crippen molar-refractivity contribution in [1.82, 2.24) is 10.2 Å². The van der Waals surface area contributed by atoms with Crippen LogP contribution in [-0.4, -0.2) is 31.5 Å². The number of hydrogen-bond donors (Lipinski definition) is 0. The highest BCUT2D eigenvalue weighted by atomic mass is 16.5. The van der Waals surface area contributed by atoms with E-state index in [2.05, 4.69) is 59.5 Å². The van der Waals surface area contributed by atoms with Gasteiger partial charge in [-0.15, -0.1) is 10.2 Å². The maximum absolute atomic E-state index is 5.63. The van der Waals surface area contributed by atoms with Gasteiger partial charge in [0.1, 0.15) is 17.2 Å². The van der Waals surface area contributed by atoms with Crippen molar-refractivity contribution in [2.45, 2.75) is 18.9 Å². The van der Waals surface area contributed by atoms with Gasteiger partial charge < -0.3 is 14.4 Å². The summed E-state index contributed by atoms with van der Waals surface area (Å²) in [6, 6.07) is 23.1. The molecule has 31 heavy (non-hydrogen) atoms. The molecule has 1 unspecified atom stereocenters. The van der Waals surface area contributed by atoms with E-state index in [-0.39, 0.29) is 0 Å². The fraction of sp³-hybridized carbons (Fsp3) is 0.231. The second kappa shape index (κ2) is 7.91. The molecule has 1 heterocycles. The molecule has 0 amide bonds. The maximum atomic E-state index is 5.63. The Kier molecular flexibility index (Phi) is 4.94. The minimum absolute atomic E-state index is 0.301. The van der Waals surface area contributed by atoms with Gasteiger partial charge in [0.15, 0.2) is 5.82 Å². The third-order valence-electron chi connectivity index (χ3n) is 6.23. The molecule has 1 aliphatic rings. The van der Waals surface area contributed by atoms with Crippen LogP contribution in [0, 0.1) is 0 Å². The van der Waals surface area contributed by atoms with Crippen molar-refractivity contribution in [2.24, 2.45) is 0 Å². The molecule has 0 saturated heterocycles. The Labute approximate surface area is 182 Å². The molecule has 5 rings (SSSR count). The Balaban J connectivity index is 1.63. The molecule has 0 saturated carbocycles. The lowest BCUT2D eigenvalue weighted by molar-refractivity contribution is 0.395. The standard InChI is InChI=1S/C26H25N3O2/c1-29(23-15-12-17-8-4-5-9-19(17)23)26-21-11-7-6-10-20(21)25(27-28-26)22-14-13-18(30-2)16-24(22)31-3/h4-11,13-14,16,23H,12,15H2,1-3H3. The number of rotatable bonds is 5.